The van der Waals surface area contributed by atoms with E-state index in [1.54, 1.807) is 13.1 Å². The predicted molar refractivity (Wildman–Crippen MR) is 155 cm³/mol. The van der Waals surface area contributed by atoms with E-state index in [0.29, 0.717) is 43.9 Å². The van der Waals surface area contributed by atoms with Gasteiger partial charge in [0.2, 0.25) is 5.91 Å². The Morgan fingerprint density at radius 3 is 2.50 bits per heavy atom. The van der Waals surface area contributed by atoms with Gasteiger partial charge in [0, 0.05) is 35.8 Å². The van der Waals surface area contributed by atoms with Crippen LogP contribution in [0.2, 0.25) is 0 Å². The molecule has 5 rings (SSSR count). The summed E-state index contributed by atoms with van der Waals surface area (Å²) in [5.41, 5.74) is 1.82. The monoisotopic (exact) mass is 569 g/mol. The van der Waals surface area contributed by atoms with Crippen LogP contribution in [0.5, 0.6) is 5.75 Å². The number of amides is 1. The maximum Gasteiger partial charge on any atom is 0.331 e. The van der Waals surface area contributed by atoms with Crippen LogP contribution in [0.25, 0.3) is 27.7 Å². The van der Waals surface area contributed by atoms with Crippen molar-refractivity contribution < 1.29 is 19.1 Å². The molecule has 0 aromatic carbocycles. The predicted octanol–water partition coefficient (Wildman–Crippen LogP) is 4.16. The van der Waals surface area contributed by atoms with Gasteiger partial charge in [-0.2, -0.15) is 5.10 Å². The quantitative estimate of drug-likeness (QED) is 0.318. The zero-order valence-electron chi connectivity index (χ0n) is 23.5. The molecule has 1 saturated heterocycles. The topological polar surface area (TPSA) is 127 Å². The lowest BCUT2D eigenvalue weighted by Crippen LogP contribution is -2.62. The second kappa shape index (κ2) is 11.3. The number of aromatic amines is 1. The summed E-state index contributed by atoms with van der Waals surface area (Å²) in [6, 6.07) is 6.00. The zero-order valence-corrected chi connectivity index (χ0v) is 24.3. The molecule has 4 aromatic heterocycles. The number of esters is 1. The average Bonchev–Trinajstić information content (AvgIpc) is 3.50. The van der Waals surface area contributed by atoms with Gasteiger partial charge < -0.3 is 19.7 Å². The van der Waals surface area contributed by atoms with Crippen LogP contribution in [0.3, 0.4) is 0 Å². The number of hydrogen-bond acceptors (Lipinski definition) is 8. The van der Waals surface area contributed by atoms with Crippen LogP contribution in [-0.2, 0) is 14.3 Å². The summed E-state index contributed by atoms with van der Waals surface area (Å²) in [4.78, 5) is 32.7. The first-order valence-corrected chi connectivity index (χ1v) is 13.3. The van der Waals surface area contributed by atoms with Gasteiger partial charge in [0.15, 0.2) is 5.65 Å². The number of halogens is 1. The lowest BCUT2D eigenvalue weighted by atomic mass is 9.85. The first kappa shape index (κ1) is 29.1. The van der Waals surface area contributed by atoms with Gasteiger partial charge in [0.1, 0.15) is 17.1 Å². The van der Waals surface area contributed by atoms with E-state index in [4.69, 9.17) is 14.5 Å². The van der Waals surface area contributed by atoms with Crippen molar-refractivity contribution in [3.8, 4) is 16.9 Å². The van der Waals surface area contributed by atoms with E-state index in [1.807, 2.05) is 62.8 Å². The highest BCUT2D eigenvalue weighted by atomic mass is 35.5. The number of nitrogens with one attached hydrogen (secondary N) is 2. The number of hydrogen-bond donors (Lipinski definition) is 2. The van der Waals surface area contributed by atoms with E-state index in [-0.39, 0.29) is 30.9 Å². The van der Waals surface area contributed by atoms with Gasteiger partial charge in [0.25, 0.3) is 0 Å². The fourth-order valence-corrected chi connectivity index (χ4v) is 4.91. The largest absolute Gasteiger partial charge is 0.492 e. The Morgan fingerprint density at radius 1 is 1.12 bits per heavy atom. The molecule has 12 heteroatoms. The van der Waals surface area contributed by atoms with Gasteiger partial charge in [0.05, 0.1) is 36.5 Å². The lowest BCUT2D eigenvalue weighted by Gasteiger charge is -2.41. The number of anilines is 1. The van der Waals surface area contributed by atoms with E-state index in [9.17, 15) is 9.59 Å². The van der Waals surface area contributed by atoms with Crippen molar-refractivity contribution in [1.29, 1.82) is 0 Å². The van der Waals surface area contributed by atoms with Gasteiger partial charge in [-0.05, 0) is 44.9 Å². The van der Waals surface area contributed by atoms with Crippen LogP contribution in [0, 0.1) is 5.41 Å². The van der Waals surface area contributed by atoms with Crippen LogP contribution >= 0.6 is 12.4 Å². The summed E-state index contributed by atoms with van der Waals surface area (Å²) in [6.45, 7) is 11.1. The Morgan fingerprint density at radius 2 is 1.88 bits per heavy atom. The maximum absolute atomic E-state index is 13.0. The van der Waals surface area contributed by atoms with Crippen LogP contribution in [0.4, 0.5) is 5.82 Å². The number of H-pyrrole nitrogens is 1. The first-order chi connectivity index (χ1) is 18.6. The van der Waals surface area contributed by atoms with E-state index < -0.39 is 11.0 Å². The van der Waals surface area contributed by atoms with Gasteiger partial charge in [-0.15, -0.1) is 17.5 Å². The summed E-state index contributed by atoms with van der Waals surface area (Å²) in [5.74, 6) is 0.969. The molecule has 5 heterocycles. The summed E-state index contributed by atoms with van der Waals surface area (Å²) in [7, 11) is 0. The van der Waals surface area contributed by atoms with Gasteiger partial charge in [-0.1, -0.05) is 20.8 Å². The Hall–Kier alpha value is -3.86. The molecule has 4 aromatic rings. The van der Waals surface area contributed by atoms with Gasteiger partial charge in [-0.3, -0.25) is 9.89 Å². The Kier molecular flexibility index (Phi) is 8.25. The molecule has 1 fully saturated rings. The number of aromatic nitrogens is 5. The first-order valence-electron chi connectivity index (χ1n) is 13.3. The molecule has 2 N–H and O–H groups in total. The minimum atomic E-state index is -1.04. The zero-order chi connectivity index (χ0) is 27.8. The molecule has 11 nitrogen and oxygen atoms in total. The third-order valence-corrected chi connectivity index (χ3v) is 7.11. The highest BCUT2D eigenvalue weighted by molar-refractivity contribution is 6.01. The molecule has 0 atom stereocenters. The summed E-state index contributed by atoms with van der Waals surface area (Å²) >= 11 is 0. The number of fused-ring (bicyclic) bond motifs is 3. The standard InChI is InChI=1S/C28H35N7O4.ClH/c1-6-38-19-14-20(23-21-16-30-32-24(21)33-35(23)17-19)18-8-9-22(29-15-18)34-12-10-28(11-13-34,26(37)39-7-2)31-25(36)27(3,4)5;/h8-9,14-17H,6-7,10-13H2,1-5H3,(H,31,36)(H,32,33);1H. The Bertz CT molecular complexity index is 1500. The van der Waals surface area contributed by atoms with Gasteiger partial charge >= 0.3 is 5.97 Å². The molecule has 214 valence electrons. The fourth-order valence-electron chi connectivity index (χ4n) is 4.91. The number of piperidine rings is 1. The van der Waals surface area contributed by atoms with Crippen molar-refractivity contribution in [2.45, 2.75) is 53.0 Å². The smallest absolute Gasteiger partial charge is 0.331 e. The Labute approximate surface area is 239 Å². The number of carbonyl (C=O) groups is 2. The molecule has 40 heavy (non-hydrogen) atoms. The maximum atomic E-state index is 13.0. The molecule has 0 radical (unpaired) electrons. The average molecular weight is 570 g/mol. The second-order valence-corrected chi connectivity index (χ2v) is 10.8. The molecule has 1 amide bonds. The number of nitrogens with zero attached hydrogens (tertiary/aromatic N) is 5. The lowest BCUT2D eigenvalue weighted by molar-refractivity contribution is -0.155. The van der Waals surface area contributed by atoms with Crippen molar-refractivity contribution in [3.63, 3.8) is 0 Å². The number of rotatable bonds is 7. The molecular formula is C28H36ClN7O4. The minimum absolute atomic E-state index is 0. The highest BCUT2D eigenvalue weighted by Gasteiger charge is 2.45. The van der Waals surface area contributed by atoms with Crippen LogP contribution in [0.15, 0.2) is 36.8 Å². The van der Waals surface area contributed by atoms with Crippen molar-refractivity contribution in [1.82, 2.24) is 30.1 Å². The third-order valence-electron chi connectivity index (χ3n) is 7.11. The molecule has 0 bridgehead atoms. The van der Waals surface area contributed by atoms with Crippen molar-refractivity contribution in [3.05, 3.63) is 36.8 Å². The summed E-state index contributed by atoms with van der Waals surface area (Å²) in [5, 5.41) is 15.6. The Balaban J connectivity index is 0.00000370. The second-order valence-electron chi connectivity index (χ2n) is 10.8. The van der Waals surface area contributed by atoms with Crippen LogP contribution < -0.4 is 15.0 Å². The molecular weight excluding hydrogens is 534 g/mol. The van der Waals surface area contributed by atoms with E-state index in [1.165, 1.54) is 0 Å². The molecule has 0 spiro atoms. The van der Waals surface area contributed by atoms with Crippen LogP contribution in [-0.4, -0.2) is 68.5 Å². The summed E-state index contributed by atoms with van der Waals surface area (Å²) < 4.78 is 13.0. The third kappa shape index (κ3) is 5.42. The molecule has 0 aliphatic carbocycles. The van der Waals surface area contributed by atoms with Crippen molar-refractivity contribution in [2.75, 3.05) is 31.2 Å². The van der Waals surface area contributed by atoms with Crippen molar-refractivity contribution in [2.24, 2.45) is 5.41 Å². The molecule has 0 saturated carbocycles. The summed E-state index contributed by atoms with van der Waals surface area (Å²) in [6.07, 6.45) is 6.34. The highest BCUT2D eigenvalue weighted by Crippen LogP contribution is 2.34. The van der Waals surface area contributed by atoms with E-state index in [2.05, 4.69) is 25.5 Å². The minimum Gasteiger partial charge on any atom is -0.492 e. The number of pyridine rings is 2. The fraction of sp³-hybridized carbons (Fsp3) is 0.464. The van der Waals surface area contributed by atoms with Crippen molar-refractivity contribution >= 4 is 46.7 Å². The SMILES string of the molecule is CCOC(=O)C1(NC(=O)C(C)(C)C)CCN(c2ccc(-c3cc(OCC)cn4nc5[nH]ncc5c34)cn2)CC1.Cl. The molecule has 0 unspecified atom stereocenters. The normalized spacial score (nSPS) is 15.1. The molecule has 1 aliphatic rings. The van der Waals surface area contributed by atoms with Gasteiger partial charge in [-0.25, -0.2) is 14.3 Å². The van der Waals surface area contributed by atoms with Crippen LogP contribution in [0.1, 0.15) is 47.5 Å². The molecule has 1 aliphatic heterocycles. The number of carbonyl (C=O) groups excluding carboxylic acids is 2. The van der Waals surface area contributed by atoms with E-state index in [0.717, 1.165) is 27.8 Å². The van der Waals surface area contributed by atoms with E-state index >= 15 is 0 Å². The number of ether oxygens (including phenoxy) is 2.